The average Bonchev–Trinajstić information content (AvgIpc) is 2.77. The average molecular weight is 314 g/mol. The summed E-state index contributed by atoms with van der Waals surface area (Å²) in [4.78, 5) is 4.35. The molecule has 4 atom stereocenters. The first-order valence-corrected chi connectivity index (χ1v) is 7.78. The number of rotatable bonds is 1. The predicted octanol–water partition coefficient (Wildman–Crippen LogP) is 1.73. The molecule has 2 fully saturated rings. The highest BCUT2D eigenvalue weighted by Crippen LogP contribution is 2.84. The minimum atomic E-state index is -1.20. The molecule has 0 aromatic heterocycles. The van der Waals surface area contributed by atoms with Crippen molar-refractivity contribution in [1.29, 1.82) is 10.5 Å². The zero-order chi connectivity index (χ0) is 15.6. The summed E-state index contributed by atoms with van der Waals surface area (Å²) in [5.74, 6) is 0.00565. The van der Waals surface area contributed by atoms with Gasteiger partial charge in [-0.2, -0.15) is 10.5 Å². The minimum Gasteiger partial charge on any atom is -0.386 e. The van der Waals surface area contributed by atoms with Crippen molar-refractivity contribution in [2.75, 3.05) is 12.4 Å². The van der Waals surface area contributed by atoms with Gasteiger partial charge in [-0.15, -0.1) is 0 Å². The number of benzene rings is 1. The van der Waals surface area contributed by atoms with Crippen LogP contribution in [-0.4, -0.2) is 23.3 Å². The van der Waals surface area contributed by atoms with E-state index in [9.17, 15) is 14.9 Å². The van der Waals surface area contributed by atoms with Crippen LogP contribution in [0.5, 0.6) is 0 Å². The lowest BCUT2D eigenvalue weighted by Gasteiger charge is -2.26. The van der Waals surface area contributed by atoms with E-state index in [0.717, 1.165) is 0 Å². The highest BCUT2D eigenvalue weighted by atomic mass is 32.2. The number of halogens is 1. The van der Waals surface area contributed by atoms with Crippen LogP contribution in [0.25, 0.3) is 0 Å². The van der Waals surface area contributed by atoms with Crippen molar-refractivity contribution < 1.29 is 9.13 Å². The van der Waals surface area contributed by atoms with Gasteiger partial charge >= 0.3 is 0 Å². The second-order valence-electron chi connectivity index (χ2n) is 5.60. The van der Waals surface area contributed by atoms with Crippen LogP contribution in [0.1, 0.15) is 11.5 Å². The minimum absolute atomic E-state index is 0.139. The largest absolute Gasteiger partial charge is 0.386 e. The fourth-order valence-corrected chi connectivity index (χ4v) is 5.20. The van der Waals surface area contributed by atoms with Crippen LogP contribution >= 0.6 is 11.8 Å². The number of aliphatic imine (C=N–C) groups is 1. The fraction of sp³-hybridized carbons (Fsp3) is 0.400. The van der Waals surface area contributed by atoms with Gasteiger partial charge in [0.1, 0.15) is 17.1 Å². The van der Waals surface area contributed by atoms with Crippen LogP contribution in [0.3, 0.4) is 0 Å². The Bertz CT molecular complexity index is 774. The zero-order valence-electron chi connectivity index (χ0n) is 11.4. The molecule has 22 heavy (non-hydrogen) atoms. The molecule has 1 saturated carbocycles. The molecule has 2 aliphatic heterocycles. The molecule has 2 N–H and O–H groups in total. The maximum absolute atomic E-state index is 13.2. The Morgan fingerprint density at radius 2 is 2.05 bits per heavy atom. The molecular formula is C15H11FN4OS. The van der Waals surface area contributed by atoms with Crippen LogP contribution in [-0.2, 0) is 4.74 Å². The third kappa shape index (κ3) is 1.18. The molecule has 0 unspecified atom stereocenters. The van der Waals surface area contributed by atoms with Gasteiger partial charge in [0.25, 0.3) is 0 Å². The molecule has 1 spiro atoms. The zero-order valence-corrected chi connectivity index (χ0v) is 12.2. The molecule has 0 bridgehead atoms. The van der Waals surface area contributed by atoms with Gasteiger partial charge in [-0.05, 0) is 17.7 Å². The summed E-state index contributed by atoms with van der Waals surface area (Å²) in [6, 6.07) is 10.3. The normalized spacial score (nSPS) is 41.6. The Labute approximate surface area is 130 Å². The predicted molar refractivity (Wildman–Crippen MR) is 78.0 cm³/mol. The second-order valence-corrected chi connectivity index (χ2v) is 6.85. The lowest BCUT2D eigenvalue weighted by molar-refractivity contribution is 0.0200. The molecule has 1 aromatic carbocycles. The van der Waals surface area contributed by atoms with Crippen molar-refractivity contribution in [1.82, 2.24) is 0 Å². The molecule has 4 rings (SSSR count). The lowest BCUT2D eigenvalue weighted by Crippen LogP contribution is -2.34. The van der Waals surface area contributed by atoms with Crippen molar-refractivity contribution in [2.45, 2.75) is 11.0 Å². The lowest BCUT2D eigenvalue weighted by atomic mass is 9.95. The fourth-order valence-electron chi connectivity index (χ4n) is 3.87. The van der Waals surface area contributed by atoms with Gasteiger partial charge in [-0.3, -0.25) is 0 Å². The first-order chi connectivity index (χ1) is 10.6. The van der Waals surface area contributed by atoms with Crippen molar-refractivity contribution in [3.05, 3.63) is 35.6 Å². The van der Waals surface area contributed by atoms with E-state index in [4.69, 9.17) is 10.5 Å². The molecule has 2 heterocycles. The van der Waals surface area contributed by atoms with Crippen LogP contribution in [0.2, 0.25) is 0 Å². The Morgan fingerprint density at radius 1 is 1.32 bits per heavy atom. The molecule has 0 radical (unpaired) electrons. The van der Waals surface area contributed by atoms with E-state index in [1.54, 1.807) is 12.1 Å². The van der Waals surface area contributed by atoms with Crippen LogP contribution in [0.15, 0.2) is 29.3 Å². The summed E-state index contributed by atoms with van der Waals surface area (Å²) in [5.41, 5.74) is 4.40. The van der Waals surface area contributed by atoms with E-state index < -0.39 is 21.8 Å². The van der Waals surface area contributed by atoms with E-state index in [1.807, 2.05) is 0 Å². The standard InChI is InChI=1S/C15H11FN4OS/c16-10-3-1-9(2-4-10)11-13(7-17)12(19)20-15(14(11,13)8-18)21-5-6-22-15/h1-4,11H,5-6H2,(H2,19,20)/t11-,13-,14-,15-/m1/s1. The Hall–Kier alpha value is -2.09. The van der Waals surface area contributed by atoms with E-state index in [0.29, 0.717) is 17.9 Å². The molecule has 5 nitrogen and oxygen atoms in total. The summed E-state index contributed by atoms with van der Waals surface area (Å²) in [7, 11) is 0. The van der Waals surface area contributed by atoms with E-state index >= 15 is 0 Å². The summed E-state index contributed by atoms with van der Waals surface area (Å²) >= 11 is 1.41. The van der Waals surface area contributed by atoms with Gasteiger partial charge in [-0.1, -0.05) is 23.9 Å². The van der Waals surface area contributed by atoms with Crippen molar-refractivity contribution in [3.8, 4) is 12.1 Å². The van der Waals surface area contributed by atoms with E-state index in [-0.39, 0.29) is 11.7 Å². The number of thioether (sulfide) groups is 1. The number of nitriles is 2. The number of nitrogens with two attached hydrogens (primary N) is 1. The van der Waals surface area contributed by atoms with Crippen molar-refractivity contribution in [2.24, 2.45) is 21.6 Å². The number of nitrogens with zero attached hydrogens (tertiary/aromatic N) is 3. The van der Waals surface area contributed by atoms with Gasteiger partial charge < -0.3 is 10.5 Å². The first kappa shape index (κ1) is 13.6. The van der Waals surface area contributed by atoms with Gasteiger partial charge in [0, 0.05) is 11.7 Å². The maximum atomic E-state index is 13.2. The smallest absolute Gasteiger partial charge is 0.230 e. The van der Waals surface area contributed by atoms with Gasteiger partial charge in [0.2, 0.25) is 5.06 Å². The molecule has 110 valence electrons. The first-order valence-electron chi connectivity index (χ1n) is 6.80. The van der Waals surface area contributed by atoms with Gasteiger partial charge in [0.05, 0.1) is 18.7 Å². The topological polar surface area (TPSA) is 95.2 Å². The second kappa shape index (κ2) is 4.01. The highest BCUT2D eigenvalue weighted by Gasteiger charge is 2.93. The number of fused-ring (bicyclic) bond motifs is 2. The monoisotopic (exact) mass is 314 g/mol. The summed E-state index contributed by atoms with van der Waals surface area (Å²) in [6.45, 7) is 0.461. The van der Waals surface area contributed by atoms with Crippen molar-refractivity contribution >= 4 is 17.6 Å². The third-order valence-electron chi connectivity index (χ3n) is 4.81. The van der Waals surface area contributed by atoms with E-state index in [2.05, 4.69) is 17.1 Å². The van der Waals surface area contributed by atoms with Crippen LogP contribution in [0.4, 0.5) is 4.39 Å². The molecule has 3 aliphatic rings. The van der Waals surface area contributed by atoms with Gasteiger partial charge in [-0.25, -0.2) is 9.38 Å². The highest BCUT2D eigenvalue weighted by molar-refractivity contribution is 8.00. The van der Waals surface area contributed by atoms with Crippen molar-refractivity contribution in [3.63, 3.8) is 0 Å². The summed E-state index contributed by atoms with van der Waals surface area (Å²) < 4.78 is 18.9. The molecule has 0 amide bonds. The van der Waals surface area contributed by atoms with E-state index in [1.165, 1.54) is 23.9 Å². The number of hydrogen-bond acceptors (Lipinski definition) is 6. The quantitative estimate of drug-likeness (QED) is 0.851. The Morgan fingerprint density at radius 3 is 2.59 bits per heavy atom. The molecular weight excluding hydrogens is 303 g/mol. The molecule has 1 aliphatic carbocycles. The number of ether oxygens (including phenoxy) is 1. The Balaban J connectivity index is 1.92. The summed E-state index contributed by atoms with van der Waals surface area (Å²) in [5, 5.41) is 18.5. The summed E-state index contributed by atoms with van der Waals surface area (Å²) in [6.07, 6.45) is 0. The number of amidine groups is 1. The SMILES string of the molecule is N#C[C@@]12[C@H](c3ccc(F)cc3)[C@]1(C#N)C(N)=N[C@@]21OCCS1. The number of hydrogen-bond donors (Lipinski definition) is 1. The maximum Gasteiger partial charge on any atom is 0.230 e. The molecule has 7 heteroatoms. The molecule has 1 aromatic rings. The molecule has 1 saturated heterocycles. The Kier molecular flexibility index (Phi) is 2.47. The van der Waals surface area contributed by atoms with Gasteiger partial charge in [0.15, 0.2) is 5.41 Å². The van der Waals surface area contributed by atoms with Crippen LogP contribution in [0, 0.1) is 39.3 Å². The third-order valence-corrected chi connectivity index (χ3v) is 6.10. The van der Waals surface area contributed by atoms with Crippen LogP contribution < -0.4 is 5.73 Å².